The van der Waals surface area contributed by atoms with Crippen molar-refractivity contribution < 1.29 is 4.39 Å². The fourth-order valence-electron chi connectivity index (χ4n) is 2.63. The minimum Gasteiger partial charge on any atom is -0.317 e. The van der Waals surface area contributed by atoms with Gasteiger partial charge in [0.05, 0.1) is 4.47 Å². The third-order valence-corrected chi connectivity index (χ3v) is 4.30. The van der Waals surface area contributed by atoms with Crippen molar-refractivity contribution in [2.45, 2.75) is 39.0 Å². The van der Waals surface area contributed by atoms with Crippen LogP contribution in [0.1, 0.15) is 43.7 Å². The maximum atomic E-state index is 14.0. The van der Waals surface area contributed by atoms with Crippen molar-refractivity contribution in [2.24, 2.45) is 5.92 Å². The minimum absolute atomic E-state index is 0.0981. The molecule has 0 spiro atoms. The highest BCUT2D eigenvalue weighted by Crippen LogP contribution is 2.29. The van der Waals surface area contributed by atoms with Gasteiger partial charge in [-0.3, -0.25) is 0 Å². The number of halogens is 2. The average Bonchev–Trinajstić information content (AvgIpc) is 2.34. The summed E-state index contributed by atoms with van der Waals surface area (Å²) in [6.07, 6.45) is 3.53. The lowest BCUT2D eigenvalue weighted by Crippen LogP contribution is -2.28. The van der Waals surface area contributed by atoms with E-state index in [1.54, 1.807) is 0 Å². The Morgan fingerprint density at radius 3 is 2.61 bits per heavy atom. The van der Waals surface area contributed by atoms with Gasteiger partial charge >= 0.3 is 0 Å². The van der Waals surface area contributed by atoms with E-state index in [1.165, 1.54) is 18.4 Å². The molecule has 3 heteroatoms. The van der Waals surface area contributed by atoms with Gasteiger partial charge in [0, 0.05) is 0 Å². The van der Waals surface area contributed by atoms with E-state index in [-0.39, 0.29) is 11.7 Å². The van der Waals surface area contributed by atoms with Gasteiger partial charge in [0.15, 0.2) is 0 Å². The molecule has 1 aromatic rings. The molecule has 1 aromatic carbocycles. The molecule has 1 aliphatic rings. The highest BCUT2D eigenvalue weighted by molar-refractivity contribution is 9.10. The number of rotatable bonds is 3. The van der Waals surface area contributed by atoms with E-state index in [2.05, 4.69) is 21.2 Å². The summed E-state index contributed by atoms with van der Waals surface area (Å²) in [4.78, 5) is 0. The molecular formula is C15H21BrFN. The van der Waals surface area contributed by atoms with E-state index in [1.807, 2.05) is 26.0 Å². The standard InChI is InChI=1S/C15H21BrFN/c1-10(2)13-8-12(9-14(16)15(13)17)7-11-3-5-18-6-4-11/h8-11,18H,3-7H2,1-2H3. The number of hydrogen-bond acceptors (Lipinski definition) is 1. The van der Waals surface area contributed by atoms with E-state index >= 15 is 0 Å². The Kier molecular flexibility index (Phi) is 4.79. The molecule has 0 radical (unpaired) electrons. The van der Waals surface area contributed by atoms with Gasteiger partial charge in [-0.2, -0.15) is 0 Å². The summed E-state index contributed by atoms with van der Waals surface area (Å²) < 4.78 is 14.6. The summed E-state index contributed by atoms with van der Waals surface area (Å²) in [5, 5.41) is 3.38. The molecule has 18 heavy (non-hydrogen) atoms. The Balaban J connectivity index is 2.17. The van der Waals surface area contributed by atoms with Gasteiger partial charge in [0.2, 0.25) is 0 Å². The molecule has 1 fully saturated rings. The van der Waals surface area contributed by atoms with Crippen LogP contribution in [0.2, 0.25) is 0 Å². The van der Waals surface area contributed by atoms with Gasteiger partial charge in [-0.1, -0.05) is 19.9 Å². The van der Waals surface area contributed by atoms with Gasteiger partial charge in [0.1, 0.15) is 5.82 Å². The van der Waals surface area contributed by atoms with Crippen LogP contribution in [0.4, 0.5) is 4.39 Å². The lowest BCUT2D eigenvalue weighted by molar-refractivity contribution is 0.372. The molecule has 1 N–H and O–H groups in total. The van der Waals surface area contributed by atoms with Crippen molar-refractivity contribution in [1.82, 2.24) is 5.32 Å². The van der Waals surface area contributed by atoms with Crippen molar-refractivity contribution in [3.63, 3.8) is 0 Å². The van der Waals surface area contributed by atoms with Gasteiger partial charge in [-0.15, -0.1) is 0 Å². The molecule has 0 bridgehead atoms. The number of piperidine rings is 1. The summed E-state index contributed by atoms with van der Waals surface area (Å²) in [6, 6.07) is 4.00. The molecule has 1 aliphatic heterocycles. The first-order valence-electron chi connectivity index (χ1n) is 6.76. The third-order valence-electron chi connectivity index (χ3n) is 3.72. The van der Waals surface area contributed by atoms with E-state index in [0.717, 1.165) is 31.0 Å². The van der Waals surface area contributed by atoms with Crippen LogP contribution in [0.15, 0.2) is 16.6 Å². The van der Waals surface area contributed by atoms with E-state index < -0.39 is 0 Å². The lowest BCUT2D eigenvalue weighted by Gasteiger charge is -2.23. The monoisotopic (exact) mass is 313 g/mol. The molecule has 1 nitrogen and oxygen atoms in total. The predicted octanol–water partition coefficient (Wildman–Crippen LogP) is 4.25. The molecular weight excluding hydrogens is 293 g/mol. The zero-order valence-corrected chi connectivity index (χ0v) is 12.7. The van der Waals surface area contributed by atoms with Crippen molar-refractivity contribution in [1.29, 1.82) is 0 Å². The Labute approximate surface area is 117 Å². The highest BCUT2D eigenvalue weighted by atomic mass is 79.9. The largest absolute Gasteiger partial charge is 0.317 e. The minimum atomic E-state index is -0.0981. The summed E-state index contributed by atoms with van der Waals surface area (Å²) in [7, 11) is 0. The fraction of sp³-hybridized carbons (Fsp3) is 0.600. The molecule has 100 valence electrons. The van der Waals surface area contributed by atoms with E-state index in [4.69, 9.17) is 0 Å². The second-order valence-electron chi connectivity index (χ2n) is 5.53. The average molecular weight is 314 g/mol. The molecule has 0 unspecified atom stereocenters. The molecule has 1 saturated heterocycles. The molecule has 0 saturated carbocycles. The first kappa shape index (κ1) is 14.0. The Bertz CT molecular complexity index is 411. The molecule has 0 aliphatic carbocycles. The first-order valence-corrected chi connectivity index (χ1v) is 7.55. The Hall–Kier alpha value is -0.410. The molecule has 0 atom stereocenters. The van der Waals surface area contributed by atoms with Crippen LogP contribution >= 0.6 is 15.9 Å². The lowest BCUT2D eigenvalue weighted by atomic mass is 9.89. The number of benzene rings is 1. The first-order chi connectivity index (χ1) is 8.58. The molecule has 0 amide bonds. The molecule has 1 heterocycles. The number of hydrogen-bond donors (Lipinski definition) is 1. The van der Waals surface area contributed by atoms with Crippen LogP contribution in [0.3, 0.4) is 0 Å². The smallest absolute Gasteiger partial charge is 0.140 e. The van der Waals surface area contributed by atoms with Gasteiger partial charge in [0.25, 0.3) is 0 Å². The maximum Gasteiger partial charge on any atom is 0.140 e. The van der Waals surface area contributed by atoms with Crippen LogP contribution in [-0.4, -0.2) is 13.1 Å². The van der Waals surface area contributed by atoms with Gasteiger partial charge in [-0.05, 0) is 77.3 Å². The van der Waals surface area contributed by atoms with Crippen molar-refractivity contribution in [3.05, 3.63) is 33.5 Å². The van der Waals surface area contributed by atoms with Gasteiger partial charge < -0.3 is 5.32 Å². The summed E-state index contributed by atoms with van der Waals surface area (Å²) in [5.74, 6) is 0.872. The zero-order valence-electron chi connectivity index (χ0n) is 11.1. The van der Waals surface area contributed by atoms with Crippen LogP contribution < -0.4 is 5.32 Å². The number of nitrogens with one attached hydrogen (secondary N) is 1. The van der Waals surface area contributed by atoms with Crippen molar-refractivity contribution in [2.75, 3.05) is 13.1 Å². The predicted molar refractivity (Wildman–Crippen MR) is 77.5 cm³/mol. The quantitative estimate of drug-likeness (QED) is 0.879. The Morgan fingerprint density at radius 1 is 1.33 bits per heavy atom. The second kappa shape index (κ2) is 6.16. The van der Waals surface area contributed by atoms with Crippen molar-refractivity contribution >= 4 is 15.9 Å². The van der Waals surface area contributed by atoms with Crippen LogP contribution in [0, 0.1) is 11.7 Å². The van der Waals surface area contributed by atoms with Crippen LogP contribution in [-0.2, 0) is 6.42 Å². The molecule has 0 aromatic heterocycles. The zero-order chi connectivity index (χ0) is 13.1. The normalized spacial score (nSPS) is 17.4. The SMILES string of the molecule is CC(C)c1cc(CC2CCNCC2)cc(Br)c1F. The Morgan fingerprint density at radius 2 is 2.00 bits per heavy atom. The topological polar surface area (TPSA) is 12.0 Å². The van der Waals surface area contributed by atoms with Gasteiger partial charge in [-0.25, -0.2) is 4.39 Å². The maximum absolute atomic E-state index is 14.0. The summed E-state index contributed by atoms with van der Waals surface area (Å²) >= 11 is 3.34. The summed E-state index contributed by atoms with van der Waals surface area (Å²) in [6.45, 7) is 6.31. The third kappa shape index (κ3) is 3.33. The van der Waals surface area contributed by atoms with Crippen molar-refractivity contribution in [3.8, 4) is 0 Å². The molecule has 2 rings (SSSR count). The van der Waals surface area contributed by atoms with E-state index in [0.29, 0.717) is 4.47 Å². The second-order valence-corrected chi connectivity index (χ2v) is 6.39. The van der Waals surface area contributed by atoms with Crippen LogP contribution in [0.5, 0.6) is 0 Å². The highest BCUT2D eigenvalue weighted by Gasteiger charge is 2.17. The fourth-order valence-corrected chi connectivity index (χ4v) is 3.15. The van der Waals surface area contributed by atoms with Crippen LogP contribution in [0.25, 0.3) is 0 Å². The summed E-state index contributed by atoms with van der Waals surface area (Å²) in [5.41, 5.74) is 2.09. The van der Waals surface area contributed by atoms with E-state index in [9.17, 15) is 4.39 Å².